The third kappa shape index (κ3) is 1.92. The van der Waals surface area contributed by atoms with Crippen LogP contribution >= 0.6 is 0 Å². The lowest BCUT2D eigenvalue weighted by molar-refractivity contribution is -0.141. The summed E-state index contributed by atoms with van der Waals surface area (Å²) in [5, 5.41) is 8.95. The molecule has 1 heterocycles. The van der Waals surface area contributed by atoms with Gasteiger partial charge in [-0.25, -0.2) is 0 Å². The first-order chi connectivity index (χ1) is 8.41. The quantitative estimate of drug-likeness (QED) is 0.773. The molecule has 1 aliphatic rings. The molecule has 2 rings (SSSR count). The summed E-state index contributed by atoms with van der Waals surface area (Å²) in [6, 6.07) is 3.67. The van der Waals surface area contributed by atoms with E-state index in [0.717, 1.165) is 11.1 Å². The Morgan fingerprint density at radius 1 is 1.44 bits per heavy atom. The second-order valence-electron chi connectivity index (χ2n) is 4.68. The Morgan fingerprint density at radius 3 is 2.67 bits per heavy atom. The predicted molar refractivity (Wildman–Crippen MR) is 68.4 cm³/mol. The molecule has 1 fully saturated rings. The second-order valence-corrected chi connectivity index (χ2v) is 4.68. The smallest absolute Gasteiger partial charge is 0.308 e. The van der Waals surface area contributed by atoms with Crippen LogP contribution in [0, 0.1) is 19.8 Å². The predicted octanol–water partition coefficient (Wildman–Crippen LogP) is 1.32. The van der Waals surface area contributed by atoms with Gasteiger partial charge < -0.3 is 15.7 Å². The van der Waals surface area contributed by atoms with Crippen molar-refractivity contribution in [1.82, 2.24) is 0 Å². The Kier molecular flexibility index (Phi) is 2.98. The zero-order valence-electron chi connectivity index (χ0n) is 10.4. The van der Waals surface area contributed by atoms with Gasteiger partial charge in [0, 0.05) is 13.0 Å². The highest BCUT2D eigenvalue weighted by Gasteiger charge is 2.35. The van der Waals surface area contributed by atoms with E-state index in [1.807, 2.05) is 19.9 Å². The fraction of sp³-hybridized carbons (Fsp3) is 0.385. The maximum Gasteiger partial charge on any atom is 0.308 e. The molecule has 1 unspecified atom stereocenters. The van der Waals surface area contributed by atoms with Gasteiger partial charge in [0.1, 0.15) is 0 Å². The third-order valence-corrected chi connectivity index (χ3v) is 3.53. The highest BCUT2D eigenvalue weighted by Crippen LogP contribution is 2.33. The van der Waals surface area contributed by atoms with Crippen molar-refractivity contribution in [3.8, 4) is 0 Å². The number of aryl methyl sites for hydroxylation is 1. The van der Waals surface area contributed by atoms with E-state index >= 15 is 0 Å². The number of benzene rings is 1. The summed E-state index contributed by atoms with van der Waals surface area (Å²) >= 11 is 0. The molecule has 0 aromatic heterocycles. The van der Waals surface area contributed by atoms with Crippen LogP contribution in [-0.2, 0) is 9.59 Å². The van der Waals surface area contributed by atoms with Gasteiger partial charge in [0.2, 0.25) is 5.91 Å². The molecule has 3 N–H and O–H groups in total. The lowest BCUT2D eigenvalue weighted by Gasteiger charge is -2.20. The number of nitrogens with two attached hydrogens (primary N) is 1. The topological polar surface area (TPSA) is 83.6 Å². The molecular formula is C13H16N2O3. The Labute approximate surface area is 105 Å². The van der Waals surface area contributed by atoms with Crippen LogP contribution in [0.2, 0.25) is 0 Å². The Balaban J connectivity index is 2.36. The minimum Gasteiger partial charge on any atom is -0.481 e. The first-order valence-electron chi connectivity index (χ1n) is 5.80. The summed E-state index contributed by atoms with van der Waals surface area (Å²) in [5.41, 5.74) is 9.16. The van der Waals surface area contributed by atoms with Crippen LogP contribution in [0.4, 0.5) is 11.4 Å². The van der Waals surface area contributed by atoms with Gasteiger partial charge in [0.25, 0.3) is 0 Å². The molecule has 1 saturated heterocycles. The molecule has 18 heavy (non-hydrogen) atoms. The normalized spacial score (nSPS) is 19.3. The molecule has 5 nitrogen and oxygen atoms in total. The largest absolute Gasteiger partial charge is 0.481 e. The van der Waals surface area contributed by atoms with Crippen molar-refractivity contribution in [2.24, 2.45) is 5.92 Å². The lowest BCUT2D eigenvalue weighted by atomic mass is 10.1. The van der Waals surface area contributed by atoms with Gasteiger partial charge in [-0.15, -0.1) is 0 Å². The van der Waals surface area contributed by atoms with Crippen molar-refractivity contribution in [2.75, 3.05) is 17.2 Å². The molecule has 0 bridgehead atoms. The van der Waals surface area contributed by atoms with Gasteiger partial charge in [-0.2, -0.15) is 0 Å². The van der Waals surface area contributed by atoms with E-state index in [4.69, 9.17) is 10.8 Å². The van der Waals surface area contributed by atoms with Crippen molar-refractivity contribution in [3.05, 3.63) is 23.3 Å². The molecule has 0 aliphatic carbocycles. The minimum absolute atomic E-state index is 0.0434. The molecule has 0 spiro atoms. The van der Waals surface area contributed by atoms with Gasteiger partial charge in [-0.1, -0.05) is 6.07 Å². The molecule has 1 aromatic carbocycles. The van der Waals surface area contributed by atoms with Crippen molar-refractivity contribution >= 4 is 23.3 Å². The second kappa shape index (κ2) is 4.33. The number of carbonyl (C=O) groups is 2. The van der Waals surface area contributed by atoms with E-state index in [1.165, 1.54) is 4.90 Å². The van der Waals surface area contributed by atoms with Gasteiger partial charge in [-0.3, -0.25) is 9.59 Å². The van der Waals surface area contributed by atoms with E-state index in [2.05, 4.69) is 0 Å². The highest BCUT2D eigenvalue weighted by atomic mass is 16.4. The number of carbonyl (C=O) groups excluding carboxylic acids is 1. The number of amides is 1. The van der Waals surface area contributed by atoms with Gasteiger partial charge in [-0.05, 0) is 31.0 Å². The molecule has 1 amide bonds. The van der Waals surface area contributed by atoms with Crippen molar-refractivity contribution in [2.45, 2.75) is 20.3 Å². The molecular weight excluding hydrogens is 232 g/mol. The third-order valence-electron chi connectivity index (χ3n) is 3.53. The molecule has 1 aliphatic heterocycles. The number of hydrogen-bond acceptors (Lipinski definition) is 3. The molecule has 0 saturated carbocycles. The zero-order chi connectivity index (χ0) is 13.4. The Hall–Kier alpha value is -2.04. The van der Waals surface area contributed by atoms with E-state index in [9.17, 15) is 9.59 Å². The summed E-state index contributed by atoms with van der Waals surface area (Å²) in [6.45, 7) is 4.03. The number of hydrogen-bond donors (Lipinski definition) is 2. The summed E-state index contributed by atoms with van der Waals surface area (Å²) in [7, 11) is 0. The number of nitrogens with zero attached hydrogens (tertiary/aromatic N) is 1. The van der Waals surface area contributed by atoms with Crippen LogP contribution < -0.4 is 10.6 Å². The maximum absolute atomic E-state index is 11.8. The number of anilines is 2. The number of nitrogen functional groups attached to an aromatic ring is 1. The van der Waals surface area contributed by atoms with E-state index in [1.54, 1.807) is 6.07 Å². The molecule has 1 aromatic rings. The molecule has 1 atom stereocenters. The lowest BCUT2D eigenvalue weighted by Crippen LogP contribution is -2.26. The van der Waals surface area contributed by atoms with Gasteiger partial charge in [0.15, 0.2) is 0 Å². The number of carboxylic acid groups (broad SMARTS) is 1. The van der Waals surface area contributed by atoms with Crippen molar-refractivity contribution in [3.63, 3.8) is 0 Å². The Bertz CT molecular complexity index is 525. The number of aliphatic carboxylic acids is 1. The average molecular weight is 248 g/mol. The van der Waals surface area contributed by atoms with Crippen LogP contribution in [-0.4, -0.2) is 23.5 Å². The monoisotopic (exact) mass is 248 g/mol. The SMILES string of the molecule is Cc1ccc(N2CC(C(=O)O)CC2=O)c(N)c1C. The van der Waals surface area contributed by atoms with Crippen LogP contribution in [0.15, 0.2) is 12.1 Å². The fourth-order valence-corrected chi connectivity index (χ4v) is 2.16. The zero-order valence-corrected chi connectivity index (χ0v) is 10.4. The van der Waals surface area contributed by atoms with E-state index in [0.29, 0.717) is 11.4 Å². The molecule has 96 valence electrons. The van der Waals surface area contributed by atoms with Gasteiger partial charge in [0.05, 0.1) is 17.3 Å². The van der Waals surface area contributed by atoms with Crippen molar-refractivity contribution < 1.29 is 14.7 Å². The van der Waals surface area contributed by atoms with E-state index < -0.39 is 11.9 Å². The van der Waals surface area contributed by atoms with Crippen molar-refractivity contribution in [1.29, 1.82) is 0 Å². The number of carboxylic acids is 1. The average Bonchev–Trinajstić information content (AvgIpc) is 2.69. The van der Waals surface area contributed by atoms with Crippen LogP contribution in [0.25, 0.3) is 0 Å². The number of rotatable bonds is 2. The first kappa shape index (κ1) is 12.4. The van der Waals surface area contributed by atoms with E-state index in [-0.39, 0.29) is 18.9 Å². The summed E-state index contributed by atoms with van der Waals surface area (Å²) in [5.74, 6) is -1.76. The minimum atomic E-state index is -0.937. The first-order valence-corrected chi connectivity index (χ1v) is 5.80. The van der Waals surface area contributed by atoms with Crippen LogP contribution in [0.1, 0.15) is 17.5 Å². The summed E-state index contributed by atoms with van der Waals surface area (Å²) in [6.07, 6.45) is 0.0434. The standard InChI is InChI=1S/C13H16N2O3/c1-7-3-4-10(12(14)8(7)2)15-6-9(13(17)18)5-11(15)16/h3-4,9H,5-6,14H2,1-2H3,(H,17,18). The highest BCUT2D eigenvalue weighted by molar-refractivity contribution is 6.01. The maximum atomic E-state index is 11.8. The summed E-state index contributed by atoms with van der Waals surface area (Å²) < 4.78 is 0. The van der Waals surface area contributed by atoms with Gasteiger partial charge >= 0.3 is 5.97 Å². The fourth-order valence-electron chi connectivity index (χ4n) is 2.16. The van der Waals surface area contributed by atoms with Crippen LogP contribution in [0.3, 0.4) is 0 Å². The van der Waals surface area contributed by atoms with Crippen LogP contribution in [0.5, 0.6) is 0 Å². The Morgan fingerprint density at radius 2 is 2.11 bits per heavy atom. The molecule has 0 radical (unpaired) electrons. The molecule has 5 heteroatoms. The summed E-state index contributed by atoms with van der Waals surface area (Å²) in [4.78, 5) is 24.2.